The SMILES string of the molecule is Cc1sc2nc(/C(C#N)=C/c3ccc4c(c3)OCCO4)[nH]c(=O)c2c1C. The lowest BCUT2D eigenvalue weighted by atomic mass is 10.1. The van der Waals surface area contributed by atoms with Crippen LogP contribution < -0.4 is 15.0 Å². The van der Waals surface area contributed by atoms with Crippen LogP contribution in [-0.4, -0.2) is 23.2 Å². The first-order valence-corrected chi connectivity index (χ1v) is 8.90. The molecular formula is C19H15N3O3S. The Balaban J connectivity index is 1.80. The van der Waals surface area contributed by atoms with Crippen molar-refractivity contribution >= 4 is 33.2 Å². The van der Waals surface area contributed by atoms with Crippen molar-refractivity contribution in [2.75, 3.05) is 13.2 Å². The Morgan fingerprint density at radius 2 is 2.08 bits per heavy atom. The van der Waals surface area contributed by atoms with Crippen LogP contribution in [0.2, 0.25) is 0 Å². The maximum atomic E-state index is 12.4. The second-order valence-corrected chi connectivity index (χ2v) is 7.15. The van der Waals surface area contributed by atoms with Crippen LogP contribution in [0, 0.1) is 25.2 Å². The average Bonchev–Trinajstić information content (AvgIpc) is 2.94. The summed E-state index contributed by atoms with van der Waals surface area (Å²) in [5.41, 5.74) is 1.76. The average molecular weight is 365 g/mol. The Morgan fingerprint density at radius 3 is 2.85 bits per heavy atom. The van der Waals surface area contributed by atoms with E-state index < -0.39 is 0 Å². The zero-order chi connectivity index (χ0) is 18.3. The quantitative estimate of drug-likeness (QED) is 0.703. The van der Waals surface area contributed by atoms with Crippen LogP contribution in [0.4, 0.5) is 0 Å². The summed E-state index contributed by atoms with van der Waals surface area (Å²) in [7, 11) is 0. The zero-order valence-electron chi connectivity index (χ0n) is 14.3. The zero-order valence-corrected chi connectivity index (χ0v) is 15.1. The minimum absolute atomic E-state index is 0.227. The number of rotatable bonds is 2. The molecule has 1 aromatic carbocycles. The second kappa shape index (κ2) is 6.32. The number of nitriles is 1. The number of nitrogens with zero attached hydrogens (tertiary/aromatic N) is 2. The molecule has 26 heavy (non-hydrogen) atoms. The van der Waals surface area contributed by atoms with E-state index >= 15 is 0 Å². The van der Waals surface area contributed by atoms with Gasteiger partial charge in [-0.25, -0.2) is 4.98 Å². The number of H-pyrrole nitrogens is 1. The number of aromatic amines is 1. The molecule has 0 radical (unpaired) electrons. The number of nitrogens with one attached hydrogen (secondary N) is 1. The first kappa shape index (κ1) is 16.4. The van der Waals surface area contributed by atoms with E-state index in [9.17, 15) is 10.1 Å². The van der Waals surface area contributed by atoms with E-state index in [1.165, 1.54) is 11.3 Å². The van der Waals surface area contributed by atoms with Gasteiger partial charge in [-0.05, 0) is 43.2 Å². The molecule has 0 aliphatic carbocycles. The van der Waals surface area contributed by atoms with Crippen LogP contribution in [-0.2, 0) is 0 Å². The van der Waals surface area contributed by atoms with Gasteiger partial charge in [-0.2, -0.15) is 5.26 Å². The largest absolute Gasteiger partial charge is 0.486 e. The van der Waals surface area contributed by atoms with Crippen molar-refractivity contribution in [3.63, 3.8) is 0 Å². The van der Waals surface area contributed by atoms with Gasteiger partial charge in [0, 0.05) is 4.88 Å². The molecule has 0 bridgehead atoms. The molecule has 6 nitrogen and oxygen atoms in total. The molecule has 0 atom stereocenters. The van der Waals surface area contributed by atoms with Gasteiger partial charge in [0.05, 0.1) is 11.0 Å². The minimum Gasteiger partial charge on any atom is -0.486 e. The molecule has 0 saturated carbocycles. The number of fused-ring (bicyclic) bond motifs is 2. The van der Waals surface area contributed by atoms with Crippen molar-refractivity contribution in [2.45, 2.75) is 13.8 Å². The van der Waals surface area contributed by atoms with Gasteiger partial charge in [0.25, 0.3) is 5.56 Å². The predicted octanol–water partition coefficient (Wildman–Crippen LogP) is 3.44. The van der Waals surface area contributed by atoms with Gasteiger partial charge in [0.15, 0.2) is 17.3 Å². The highest BCUT2D eigenvalue weighted by Gasteiger charge is 2.15. The van der Waals surface area contributed by atoms with E-state index in [0.29, 0.717) is 34.9 Å². The molecule has 0 fully saturated rings. The van der Waals surface area contributed by atoms with Crippen LogP contribution >= 0.6 is 11.3 Å². The fourth-order valence-corrected chi connectivity index (χ4v) is 3.88. The van der Waals surface area contributed by atoms with E-state index in [4.69, 9.17) is 9.47 Å². The minimum atomic E-state index is -0.227. The van der Waals surface area contributed by atoms with Crippen molar-refractivity contribution in [2.24, 2.45) is 0 Å². The molecule has 2 aromatic heterocycles. The van der Waals surface area contributed by atoms with Crippen molar-refractivity contribution in [3.8, 4) is 17.6 Å². The summed E-state index contributed by atoms with van der Waals surface area (Å²) in [4.78, 5) is 21.3. The lowest BCUT2D eigenvalue weighted by Gasteiger charge is -2.18. The lowest BCUT2D eigenvalue weighted by Crippen LogP contribution is -2.15. The standard InChI is InChI=1S/C19H15N3O3S/c1-10-11(2)26-19-16(10)18(23)21-17(22-19)13(9-20)7-12-3-4-14-15(8-12)25-6-5-24-14/h3-4,7-8H,5-6H2,1-2H3,(H,21,22,23)/b13-7+. The number of aryl methyl sites for hydroxylation is 2. The number of aromatic nitrogens is 2. The summed E-state index contributed by atoms with van der Waals surface area (Å²) < 4.78 is 11.1. The van der Waals surface area contributed by atoms with Crippen LogP contribution in [0.5, 0.6) is 11.5 Å². The van der Waals surface area contributed by atoms with E-state index in [-0.39, 0.29) is 17.0 Å². The summed E-state index contributed by atoms with van der Waals surface area (Å²) in [5.74, 6) is 1.59. The van der Waals surface area contributed by atoms with Crippen LogP contribution in [0.15, 0.2) is 23.0 Å². The van der Waals surface area contributed by atoms with Crippen LogP contribution in [0.1, 0.15) is 21.8 Å². The number of ether oxygens (including phenoxy) is 2. The maximum Gasteiger partial charge on any atom is 0.260 e. The highest BCUT2D eigenvalue weighted by atomic mass is 32.1. The third kappa shape index (κ3) is 2.74. The molecule has 1 N–H and O–H groups in total. The van der Waals surface area contributed by atoms with Gasteiger partial charge in [-0.1, -0.05) is 6.07 Å². The molecule has 4 rings (SSSR count). The molecule has 0 unspecified atom stereocenters. The van der Waals surface area contributed by atoms with E-state index in [1.807, 2.05) is 26.0 Å². The fraction of sp³-hybridized carbons (Fsp3) is 0.211. The molecule has 3 heterocycles. The van der Waals surface area contributed by atoms with E-state index in [0.717, 1.165) is 16.0 Å². The first-order valence-electron chi connectivity index (χ1n) is 8.08. The smallest absolute Gasteiger partial charge is 0.260 e. The highest BCUT2D eigenvalue weighted by molar-refractivity contribution is 7.18. The summed E-state index contributed by atoms with van der Waals surface area (Å²) in [6, 6.07) is 7.57. The fourth-order valence-electron chi connectivity index (χ4n) is 2.85. The van der Waals surface area contributed by atoms with Crippen molar-refractivity contribution < 1.29 is 9.47 Å². The Hall–Kier alpha value is -3.11. The van der Waals surface area contributed by atoms with Gasteiger partial charge in [0.2, 0.25) is 0 Å². The molecule has 0 amide bonds. The Labute approximate surface area is 153 Å². The topological polar surface area (TPSA) is 88.0 Å². The second-order valence-electron chi connectivity index (χ2n) is 5.95. The molecule has 1 aliphatic heterocycles. The van der Waals surface area contributed by atoms with E-state index in [1.54, 1.807) is 12.1 Å². The van der Waals surface area contributed by atoms with Crippen LogP contribution in [0.3, 0.4) is 0 Å². The number of thiophene rings is 1. The maximum absolute atomic E-state index is 12.4. The lowest BCUT2D eigenvalue weighted by molar-refractivity contribution is 0.171. The van der Waals surface area contributed by atoms with Gasteiger partial charge in [-0.15, -0.1) is 11.3 Å². The number of hydrogen-bond acceptors (Lipinski definition) is 6. The monoisotopic (exact) mass is 365 g/mol. The van der Waals surface area contributed by atoms with Crippen molar-refractivity contribution in [3.05, 3.63) is 50.4 Å². The third-order valence-corrected chi connectivity index (χ3v) is 5.39. The molecule has 130 valence electrons. The van der Waals surface area contributed by atoms with Gasteiger partial charge >= 0.3 is 0 Å². The number of benzene rings is 1. The molecular weight excluding hydrogens is 350 g/mol. The number of allylic oxidation sites excluding steroid dienone is 1. The molecule has 3 aromatic rings. The Morgan fingerprint density at radius 1 is 1.31 bits per heavy atom. The van der Waals surface area contributed by atoms with Gasteiger partial charge < -0.3 is 14.5 Å². The molecule has 0 spiro atoms. The summed E-state index contributed by atoms with van der Waals surface area (Å²) in [5, 5.41) is 10.2. The summed E-state index contributed by atoms with van der Waals surface area (Å²) in [6.07, 6.45) is 1.68. The van der Waals surface area contributed by atoms with Crippen LogP contribution in [0.25, 0.3) is 21.9 Å². The van der Waals surface area contributed by atoms with Crippen molar-refractivity contribution in [1.29, 1.82) is 5.26 Å². The molecule has 7 heteroatoms. The summed E-state index contributed by atoms with van der Waals surface area (Å²) in [6.45, 7) is 4.88. The Kier molecular flexibility index (Phi) is 3.98. The van der Waals surface area contributed by atoms with E-state index in [2.05, 4.69) is 16.0 Å². The summed E-state index contributed by atoms with van der Waals surface area (Å²) >= 11 is 1.46. The van der Waals surface area contributed by atoms with Gasteiger partial charge in [0.1, 0.15) is 24.1 Å². The Bertz CT molecular complexity index is 1150. The number of hydrogen-bond donors (Lipinski definition) is 1. The third-order valence-electron chi connectivity index (χ3n) is 4.29. The normalized spacial score (nSPS) is 13.7. The highest BCUT2D eigenvalue weighted by Crippen LogP contribution is 2.32. The predicted molar refractivity (Wildman–Crippen MR) is 101 cm³/mol. The van der Waals surface area contributed by atoms with Crippen molar-refractivity contribution in [1.82, 2.24) is 9.97 Å². The first-order chi connectivity index (χ1) is 12.6. The molecule has 1 aliphatic rings. The van der Waals surface area contributed by atoms with Gasteiger partial charge in [-0.3, -0.25) is 4.79 Å². The molecule has 0 saturated heterocycles.